The second-order valence-electron chi connectivity index (χ2n) is 7.62. The van der Waals surface area contributed by atoms with Crippen molar-refractivity contribution < 1.29 is 0 Å². The summed E-state index contributed by atoms with van der Waals surface area (Å²) in [6.07, 6.45) is 9.86. The summed E-state index contributed by atoms with van der Waals surface area (Å²) in [4.78, 5) is 0. The van der Waals surface area contributed by atoms with Crippen LogP contribution in [0.3, 0.4) is 0 Å². The number of hydrogen-bond donors (Lipinski definition) is 2. The number of hydrogen-bond acceptors (Lipinski definition) is 2. The van der Waals surface area contributed by atoms with Gasteiger partial charge in [-0.25, -0.2) is 0 Å². The minimum absolute atomic E-state index is 0.461. The first-order chi connectivity index (χ1) is 9.12. The fraction of sp³-hybridized carbons (Fsp3) is 1.00. The zero-order chi connectivity index (χ0) is 13.7. The Labute approximate surface area is 120 Å². The molecule has 0 amide bonds. The van der Waals surface area contributed by atoms with Crippen LogP contribution in [0.15, 0.2) is 0 Å². The van der Waals surface area contributed by atoms with Crippen LogP contribution in [0.1, 0.15) is 65.7 Å². The molecule has 0 aromatic heterocycles. The van der Waals surface area contributed by atoms with Crippen LogP contribution in [0.25, 0.3) is 0 Å². The van der Waals surface area contributed by atoms with Gasteiger partial charge in [-0.2, -0.15) is 0 Å². The van der Waals surface area contributed by atoms with E-state index in [1.165, 1.54) is 64.6 Å². The summed E-state index contributed by atoms with van der Waals surface area (Å²) < 4.78 is 0. The first-order valence-corrected chi connectivity index (χ1v) is 8.56. The third-order valence-electron chi connectivity index (χ3n) is 5.30. The minimum atomic E-state index is 0.461. The molecule has 0 bridgehead atoms. The maximum atomic E-state index is 3.74. The lowest BCUT2D eigenvalue weighted by atomic mass is 9.86. The number of fused-ring (bicyclic) bond motifs is 1. The molecule has 0 aromatic carbocycles. The van der Waals surface area contributed by atoms with Gasteiger partial charge in [0.1, 0.15) is 0 Å². The van der Waals surface area contributed by atoms with E-state index in [1.807, 2.05) is 0 Å². The predicted octanol–water partition coefficient (Wildman–Crippen LogP) is 3.57. The summed E-state index contributed by atoms with van der Waals surface area (Å²) in [5.41, 5.74) is 0.461. The highest BCUT2D eigenvalue weighted by molar-refractivity contribution is 4.95. The van der Waals surface area contributed by atoms with E-state index in [-0.39, 0.29) is 0 Å². The van der Waals surface area contributed by atoms with Crippen LogP contribution in [-0.2, 0) is 0 Å². The van der Waals surface area contributed by atoms with Gasteiger partial charge in [-0.05, 0) is 43.1 Å². The Balaban J connectivity index is 1.63. The first kappa shape index (κ1) is 15.3. The number of unbranched alkanes of at least 4 members (excludes halogenated alkanes) is 2. The van der Waals surface area contributed by atoms with Gasteiger partial charge in [0.05, 0.1) is 0 Å². The van der Waals surface area contributed by atoms with Crippen molar-refractivity contribution in [1.29, 1.82) is 0 Å². The van der Waals surface area contributed by atoms with E-state index in [2.05, 4.69) is 31.4 Å². The van der Waals surface area contributed by atoms with Crippen LogP contribution in [-0.4, -0.2) is 25.7 Å². The molecule has 0 aromatic rings. The minimum Gasteiger partial charge on any atom is -0.315 e. The summed E-state index contributed by atoms with van der Waals surface area (Å²) in [7, 11) is 0. The van der Waals surface area contributed by atoms with E-state index in [4.69, 9.17) is 0 Å². The average molecular weight is 266 g/mol. The van der Waals surface area contributed by atoms with Crippen molar-refractivity contribution in [3.63, 3.8) is 0 Å². The van der Waals surface area contributed by atoms with Crippen molar-refractivity contribution in [3.05, 3.63) is 0 Å². The van der Waals surface area contributed by atoms with Crippen LogP contribution in [0, 0.1) is 17.3 Å². The smallest absolute Gasteiger partial charge is 0.0223 e. The van der Waals surface area contributed by atoms with Gasteiger partial charge in [-0.15, -0.1) is 0 Å². The van der Waals surface area contributed by atoms with Gasteiger partial charge >= 0.3 is 0 Å². The fourth-order valence-corrected chi connectivity index (χ4v) is 4.03. The second-order valence-corrected chi connectivity index (χ2v) is 7.62. The molecule has 112 valence electrons. The maximum absolute atomic E-state index is 3.74. The predicted molar refractivity (Wildman–Crippen MR) is 83.4 cm³/mol. The van der Waals surface area contributed by atoms with Crippen LogP contribution in [0.5, 0.6) is 0 Å². The monoisotopic (exact) mass is 266 g/mol. The second kappa shape index (κ2) is 7.08. The molecule has 19 heavy (non-hydrogen) atoms. The zero-order valence-electron chi connectivity index (χ0n) is 13.3. The maximum Gasteiger partial charge on any atom is 0.0223 e. The normalized spacial score (nSPS) is 30.8. The molecule has 1 heterocycles. The quantitative estimate of drug-likeness (QED) is 0.656. The lowest BCUT2D eigenvalue weighted by Gasteiger charge is -2.27. The van der Waals surface area contributed by atoms with Crippen LogP contribution in [0.2, 0.25) is 0 Å². The van der Waals surface area contributed by atoms with E-state index in [0.717, 1.165) is 17.9 Å². The molecule has 2 nitrogen and oxygen atoms in total. The molecule has 2 heteroatoms. The third kappa shape index (κ3) is 4.46. The third-order valence-corrected chi connectivity index (χ3v) is 5.30. The largest absolute Gasteiger partial charge is 0.315 e. The Morgan fingerprint density at radius 1 is 1.21 bits per heavy atom. The van der Waals surface area contributed by atoms with Gasteiger partial charge in [0.25, 0.3) is 0 Å². The molecule has 1 aliphatic carbocycles. The molecular formula is C17H34N2. The summed E-state index contributed by atoms with van der Waals surface area (Å²) in [6.45, 7) is 10.7. The molecule has 1 aliphatic heterocycles. The summed E-state index contributed by atoms with van der Waals surface area (Å²) >= 11 is 0. The highest BCUT2D eigenvalue weighted by atomic mass is 15.0. The molecule has 1 saturated carbocycles. The van der Waals surface area contributed by atoms with E-state index >= 15 is 0 Å². The Morgan fingerprint density at radius 2 is 2.05 bits per heavy atom. The molecule has 2 rings (SSSR count). The Morgan fingerprint density at radius 3 is 2.84 bits per heavy atom. The standard InChI is InChI=1S/C17H34N2/c1-4-5-6-10-17(2,3)13-18-12-16-15-9-7-8-14(15)11-19-16/h14-16,18-19H,4-13H2,1-3H3. The van der Waals surface area contributed by atoms with Gasteiger partial charge in [-0.3, -0.25) is 0 Å². The lowest BCUT2D eigenvalue weighted by Crippen LogP contribution is -2.41. The van der Waals surface area contributed by atoms with Gasteiger partial charge in [0.15, 0.2) is 0 Å². The summed E-state index contributed by atoms with van der Waals surface area (Å²) in [5, 5.41) is 7.48. The van der Waals surface area contributed by atoms with Crippen LogP contribution < -0.4 is 10.6 Å². The number of rotatable bonds is 8. The number of nitrogens with one attached hydrogen (secondary N) is 2. The van der Waals surface area contributed by atoms with E-state index in [0.29, 0.717) is 5.41 Å². The van der Waals surface area contributed by atoms with Crippen molar-refractivity contribution in [2.45, 2.75) is 71.8 Å². The molecular weight excluding hydrogens is 232 g/mol. The molecule has 2 N–H and O–H groups in total. The Kier molecular flexibility index (Phi) is 5.70. The van der Waals surface area contributed by atoms with Gasteiger partial charge in [0, 0.05) is 19.1 Å². The summed E-state index contributed by atoms with van der Waals surface area (Å²) in [6, 6.07) is 0.749. The highest BCUT2D eigenvalue weighted by Crippen LogP contribution is 2.37. The SMILES string of the molecule is CCCCCC(C)(C)CNCC1NCC2CCCC21. The Hall–Kier alpha value is -0.0800. The zero-order valence-corrected chi connectivity index (χ0v) is 13.3. The van der Waals surface area contributed by atoms with Gasteiger partial charge < -0.3 is 10.6 Å². The molecule has 2 fully saturated rings. The summed E-state index contributed by atoms with van der Waals surface area (Å²) in [5.74, 6) is 1.96. The lowest BCUT2D eigenvalue weighted by molar-refractivity contribution is 0.289. The molecule has 2 aliphatic rings. The van der Waals surface area contributed by atoms with Gasteiger partial charge in [0.2, 0.25) is 0 Å². The fourth-order valence-electron chi connectivity index (χ4n) is 4.03. The van der Waals surface area contributed by atoms with Crippen molar-refractivity contribution in [2.75, 3.05) is 19.6 Å². The van der Waals surface area contributed by atoms with Crippen molar-refractivity contribution in [1.82, 2.24) is 10.6 Å². The van der Waals surface area contributed by atoms with E-state index in [1.54, 1.807) is 0 Å². The topological polar surface area (TPSA) is 24.1 Å². The molecule has 3 atom stereocenters. The Bertz CT molecular complexity index is 262. The molecule has 3 unspecified atom stereocenters. The van der Waals surface area contributed by atoms with Crippen molar-refractivity contribution in [3.8, 4) is 0 Å². The molecule has 0 radical (unpaired) electrons. The van der Waals surface area contributed by atoms with Gasteiger partial charge in [-0.1, -0.05) is 46.5 Å². The highest BCUT2D eigenvalue weighted by Gasteiger charge is 2.38. The van der Waals surface area contributed by atoms with E-state index < -0.39 is 0 Å². The van der Waals surface area contributed by atoms with Crippen molar-refractivity contribution >= 4 is 0 Å². The molecule has 1 saturated heterocycles. The first-order valence-electron chi connectivity index (χ1n) is 8.56. The van der Waals surface area contributed by atoms with Crippen molar-refractivity contribution in [2.24, 2.45) is 17.3 Å². The van der Waals surface area contributed by atoms with E-state index in [9.17, 15) is 0 Å². The van der Waals surface area contributed by atoms with Crippen LogP contribution >= 0.6 is 0 Å². The molecule has 0 spiro atoms. The average Bonchev–Trinajstić information content (AvgIpc) is 2.93. The van der Waals surface area contributed by atoms with Crippen LogP contribution in [0.4, 0.5) is 0 Å².